The molecule has 0 unspecified atom stereocenters. The van der Waals surface area contributed by atoms with E-state index in [1.54, 1.807) is 31.2 Å². The highest BCUT2D eigenvalue weighted by molar-refractivity contribution is 5.30. The van der Waals surface area contributed by atoms with Gasteiger partial charge in [-0.3, -0.25) is 0 Å². The summed E-state index contributed by atoms with van der Waals surface area (Å²) in [7, 11) is 0. The van der Waals surface area contributed by atoms with Crippen LogP contribution in [-0.4, -0.2) is 15.2 Å². The van der Waals surface area contributed by atoms with E-state index >= 15 is 0 Å². The highest BCUT2D eigenvalue weighted by Crippen LogP contribution is 2.16. The molecular formula is C10H10N2O3. The summed E-state index contributed by atoms with van der Waals surface area (Å²) in [6.45, 7) is 1.97. The van der Waals surface area contributed by atoms with Gasteiger partial charge in [-0.2, -0.15) is 4.98 Å². The van der Waals surface area contributed by atoms with Crippen LogP contribution in [0.4, 0.5) is 0 Å². The van der Waals surface area contributed by atoms with E-state index in [1.165, 1.54) is 0 Å². The Hall–Kier alpha value is -2.04. The molecule has 5 heteroatoms. The fourth-order valence-corrected chi connectivity index (χ4v) is 1.09. The number of phenols is 1. The number of aromatic hydroxyl groups is 1. The standard InChI is InChI=1S/C10H10N2O3/c1-7-11-10(12-15-7)6-14-9-4-2-8(13)3-5-9/h2-5,13H,6H2,1H3. The number of rotatable bonds is 3. The molecule has 0 amide bonds. The normalized spacial score (nSPS) is 10.2. The van der Waals surface area contributed by atoms with Crippen LogP contribution in [0.3, 0.4) is 0 Å². The van der Waals surface area contributed by atoms with Crippen LogP contribution >= 0.6 is 0 Å². The predicted octanol–water partition coefficient (Wildman–Crippen LogP) is 1.66. The van der Waals surface area contributed by atoms with E-state index in [0.29, 0.717) is 17.5 Å². The average Bonchev–Trinajstić information content (AvgIpc) is 2.64. The van der Waals surface area contributed by atoms with Crippen molar-refractivity contribution in [2.24, 2.45) is 0 Å². The Labute approximate surface area is 86.3 Å². The Bertz CT molecular complexity index is 436. The van der Waals surface area contributed by atoms with Crippen molar-refractivity contribution in [1.82, 2.24) is 10.1 Å². The van der Waals surface area contributed by atoms with Crippen molar-refractivity contribution in [1.29, 1.82) is 0 Å². The minimum Gasteiger partial charge on any atom is -0.508 e. The molecule has 1 N–H and O–H groups in total. The fourth-order valence-electron chi connectivity index (χ4n) is 1.09. The Morgan fingerprint density at radius 3 is 2.67 bits per heavy atom. The molecule has 1 aromatic heterocycles. The molecule has 78 valence electrons. The second-order valence-corrected chi connectivity index (χ2v) is 3.01. The van der Waals surface area contributed by atoms with Crippen LogP contribution in [0.1, 0.15) is 11.7 Å². The van der Waals surface area contributed by atoms with Gasteiger partial charge >= 0.3 is 0 Å². The van der Waals surface area contributed by atoms with Gasteiger partial charge in [0.15, 0.2) is 6.61 Å². The van der Waals surface area contributed by atoms with Crippen molar-refractivity contribution in [3.8, 4) is 11.5 Å². The second kappa shape index (κ2) is 4.00. The van der Waals surface area contributed by atoms with Crippen LogP contribution in [0.2, 0.25) is 0 Å². The summed E-state index contributed by atoms with van der Waals surface area (Å²) in [4.78, 5) is 3.99. The number of nitrogens with zero attached hydrogens (tertiary/aromatic N) is 2. The number of hydrogen-bond donors (Lipinski definition) is 1. The van der Waals surface area contributed by atoms with Crippen molar-refractivity contribution in [3.63, 3.8) is 0 Å². The minimum atomic E-state index is 0.206. The van der Waals surface area contributed by atoms with Crippen LogP contribution in [0.15, 0.2) is 28.8 Å². The minimum absolute atomic E-state index is 0.206. The number of phenolic OH excluding ortho intramolecular Hbond substituents is 1. The SMILES string of the molecule is Cc1nc(COc2ccc(O)cc2)no1. The average molecular weight is 206 g/mol. The van der Waals surface area contributed by atoms with Crippen molar-refractivity contribution < 1.29 is 14.4 Å². The third-order valence-electron chi connectivity index (χ3n) is 1.77. The quantitative estimate of drug-likeness (QED) is 0.827. The fraction of sp³-hybridized carbons (Fsp3) is 0.200. The van der Waals surface area contributed by atoms with Gasteiger partial charge < -0.3 is 14.4 Å². The molecule has 0 atom stereocenters. The molecule has 2 rings (SSSR count). The van der Waals surface area contributed by atoms with Crippen molar-refractivity contribution >= 4 is 0 Å². The zero-order valence-corrected chi connectivity index (χ0v) is 8.17. The maximum atomic E-state index is 9.05. The van der Waals surface area contributed by atoms with E-state index in [0.717, 1.165) is 0 Å². The number of aryl methyl sites for hydroxylation is 1. The Morgan fingerprint density at radius 2 is 2.07 bits per heavy atom. The maximum Gasteiger partial charge on any atom is 0.223 e. The predicted molar refractivity (Wildman–Crippen MR) is 51.5 cm³/mol. The molecule has 0 aliphatic rings. The summed E-state index contributed by atoms with van der Waals surface area (Å²) in [5.74, 6) is 1.87. The molecule has 0 radical (unpaired) electrons. The molecule has 0 spiro atoms. The van der Waals surface area contributed by atoms with Gasteiger partial charge in [0.25, 0.3) is 0 Å². The molecule has 1 aromatic carbocycles. The molecule has 0 saturated heterocycles. The van der Waals surface area contributed by atoms with E-state index in [1.807, 2.05) is 0 Å². The molecule has 5 nitrogen and oxygen atoms in total. The van der Waals surface area contributed by atoms with Gasteiger partial charge in [0, 0.05) is 6.92 Å². The lowest BCUT2D eigenvalue weighted by molar-refractivity contribution is 0.285. The highest BCUT2D eigenvalue weighted by Gasteiger charge is 2.02. The first kappa shape index (κ1) is 9.51. The summed E-state index contributed by atoms with van der Waals surface area (Å²) in [6.07, 6.45) is 0. The van der Waals surface area contributed by atoms with Gasteiger partial charge in [-0.1, -0.05) is 5.16 Å². The first-order valence-electron chi connectivity index (χ1n) is 4.45. The largest absolute Gasteiger partial charge is 0.508 e. The summed E-state index contributed by atoms with van der Waals surface area (Å²) in [5, 5.41) is 12.7. The summed E-state index contributed by atoms with van der Waals surface area (Å²) in [5.41, 5.74) is 0. The topological polar surface area (TPSA) is 68.4 Å². The molecule has 0 bridgehead atoms. The van der Waals surface area contributed by atoms with Gasteiger partial charge in [0.1, 0.15) is 11.5 Å². The number of benzene rings is 1. The lowest BCUT2D eigenvalue weighted by Gasteiger charge is -2.02. The Morgan fingerprint density at radius 1 is 1.33 bits per heavy atom. The van der Waals surface area contributed by atoms with Crippen LogP contribution in [0.25, 0.3) is 0 Å². The van der Waals surface area contributed by atoms with E-state index < -0.39 is 0 Å². The third-order valence-corrected chi connectivity index (χ3v) is 1.77. The van der Waals surface area contributed by atoms with Crippen molar-refractivity contribution in [3.05, 3.63) is 36.0 Å². The van der Waals surface area contributed by atoms with Gasteiger partial charge in [-0.25, -0.2) is 0 Å². The molecular weight excluding hydrogens is 196 g/mol. The van der Waals surface area contributed by atoms with E-state index in [4.69, 9.17) is 14.4 Å². The first-order valence-corrected chi connectivity index (χ1v) is 4.45. The zero-order chi connectivity index (χ0) is 10.7. The van der Waals surface area contributed by atoms with Gasteiger partial charge in [-0.05, 0) is 24.3 Å². The number of hydrogen-bond acceptors (Lipinski definition) is 5. The summed E-state index contributed by atoms with van der Waals surface area (Å²) >= 11 is 0. The van der Waals surface area contributed by atoms with Crippen LogP contribution < -0.4 is 4.74 Å². The van der Waals surface area contributed by atoms with Gasteiger partial charge in [0.2, 0.25) is 11.7 Å². The van der Waals surface area contributed by atoms with Crippen molar-refractivity contribution in [2.45, 2.75) is 13.5 Å². The van der Waals surface area contributed by atoms with Gasteiger partial charge in [-0.15, -0.1) is 0 Å². The molecule has 2 aromatic rings. The molecule has 1 heterocycles. The van der Waals surface area contributed by atoms with E-state index in [9.17, 15) is 0 Å². The Kier molecular flexibility index (Phi) is 2.53. The number of ether oxygens (including phenoxy) is 1. The van der Waals surface area contributed by atoms with Gasteiger partial charge in [0.05, 0.1) is 0 Å². The number of aromatic nitrogens is 2. The second-order valence-electron chi connectivity index (χ2n) is 3.01. The Balaban J connectivity index is 1.96. The maximum absolute atomic E-state index is 9.05. The molecule has 0 aliphatic heterocycles. The summed E-state index contributed by atoms with van der Waals surface area (Å²) < 4.78 is 10.2. The monoisotopic (exact) mass is 206 g/mol. The summed E-state index contributed by atoms with van der Waals surface area (Å²) in [6, 6.07) is 6.44. The van der Waals surface area contributed by atoms with Crippen molar-refractivity contribution in [2.75, 3.05) is 0 Å². The van der Waals surface area contributed by atoms with Crippen LogP contribution in [0.5, 0.6) is 11.5 Å². The zero-order valence-electron chi connectivity index (χ0n) is 8.17. The third kappa shape index (κ3) is 2.46. The lowest BCUT2D eigenvalue weighted by atomic mass is 10.3. The molecule has 15 heavy (non-hydrogen) atoms. The molecule has 0 aliphatic carbocycles. The molecule has 0 fully saturated rings. The lowest BCUT2D eigenvalue weighted by Crippen LogP contribution is -1.97. The van der Waals surface area contributed by atoms with Crippen LogP contribution in [-0.2, 0) is 6.61 Å². The van der Waals surface area contributed by atoms with E-state index in [-0.39, 0.29) is 12.4 Å². The van der Waals surface area contributed by atoms with Crippen LogP contribution in [0, 0.1) is 6.92 Å². The molecule has 0 saturated carbocycles. The smallest absolute Gasteiger partial charge is 0.223 e. The van der Waals surface area contributed by atoms with E-state index in [2.05, 4.69) is 10.1 Å². The first-order chi connectivity index (χ1) is 7.24. The highest BCUT2D eigenvalue weighted by atomic mass is 16.5.